The average molecular weight is 239 g/mol. The average Bonchev–Trinajstić information content (AvgIpc) is 3.09. The summed E-state index contributed by atoms with van der Waals surface area (Å²) in [6.45, 7) is 0.889. The van der Waals surface area contributed by atoms with Crippen molar-refractivity contribution in [2.75, 3.05) is 6.54 Å². The van der Waals surface area contributed by atoms with Gasteiger partial charge in [0.05, 0.1) is 6.54 Å². The van der Waals surface area contributed by atoms with Gasteiger partial charge in [0.2, 0.25) is 5.91 Å². The fourth-order valence-electron chi connectivity index (χ4n) is 1.42. The van der Waals surface area contributed by atoms with Crippen molar-refractivity contribution in [2.24, 2.45) is 0 Å². The van der Waals surface area contributed by atoms with Gasteiger partial charge in [-0.2, -0.15) is 0 Å². The molecule has 0 unspecified atom stereocenters. The van der Waals surface area contributed by atoms with Gasteiger partial charge in [-0.25, -0.2) is 0 Å². The van der Waals surface area contributed by atoms with Gasteiger partial charge >= 0.3 is 0 Å². The van der Waals surface area contributed by atoms with Crippen LogP contribution in [0.1, 0.15) is 18.4 Å². The molecule has 0 radical (unpaired) electrons. The lowest BCUT2D eigenvalue weighted by atomic mass is 10.2. The molecule has 1 saturated carbocycles. The molecule has 0 heterocycles. The molecule has 2 N–H and O–H groups in total. The van der Waals surface area contributed by atoms with Gasteiger partial charge in [0.1, 0.15) is 0 Å². The molecule has 16 heavy (non-hydrogen) atoms. The molecule has 86 valence electrons. The first kappa shape index (κ1) is 11.4. The third-order valence-corrected chi connectivity index (χ3v) is 2.93. The highest BCUT2D eigenvalue weighted by molar-refractivity contribution is 6.31. The van der Waals surface area contributed by atoms with Gasteiger partial charge in [-0.1, -0.05) is 29.8 Å². The lowest BCUT2D eigenvalue weighted by molar-refractivity contribution is -0.120. The SMILES string of the molecule is O=C(CNC1CC1)NCc1ccccc1Cl. The Hall–Kier alpha value is -1.06. The number of halogens is 1. The van der Waals surface area contributed by atoms with Gasteiger partial charge in [0.25, 0.3) is 0 Å². The lowest BCUT2D eigenvalue weighted by Crippen LogP contribution is -2.34. The molecule has 4 heteroatoms. The van der Waals surface area contributed by atoms with E-state index < -0.39 is 0 Å². The fourth-order valence-corrected chi connectivity index (χ4v) is 1.63. The van der Waals surface area contributed by atoms with E-state index in [1.807, 2.05) is 24.3 Å². The summed E-state index contributed by atoms with van der Waals surface area (Å²) in [7, 11) is 0. The number of hydrogen-bond acceptors (Lipinski definition) is 2. The van der Waals surface area contributed by atoms with Crippen molar-refractivity contribution < 1.29 is 4.79 Å². The highest BCUT2D eigenvalue weighted by atomic mass is 35.5. The van der Waals surface area contributed by atoms with Crippen LogP contribution >= 0.6 is 11.6 Å². The molecular weight excluding hydrogens is 224 g/mol. The maximum Gasteiger partial charge on any atom is 0.234 e. The van der Waals surface area contributed by atoms with Crippen LogP contribution in [0.4, 0.5) is 0 Å². The Balaban J connectivity index is 1.73. The van der Waals surface area contributed by atoms with Crippen molar-refractivity contribution in [1.82, 2.24) is 10.6 Å². The van der Waals surface area contributed by atoms with Crippen molar-refractivity contribution in [3.63, 3.8) is 0 Å². The molecule has 3 nitrogen and oxygen atoms in total. The van der Waals surface area contributed by atoms with Crippen LogP contribution in [-0.2, 0) is 11.3 Å². The molecule has 0 atom stereocenters. The molecule has 0 spiro atoms. The molecule has 1 fully saturated rings. The van der Waals surface area contributed by atoms with E-state index in [-0.39, 0.29) is 5.91 Å². The van der Waals surface area contributed by atoms with Crippen LogP contribution in [0.25, 0.3) is 0 Å². The minimum atomic E-state index is 0.0202. The van der Waals surface area contributed by atoms with Crippen LogP contribution in [0.3, 0.4) is 0 Å². The number of nitrogens with one attached hydrogen (secondary N) is 2. The van der Waals surface area contributed by atoms with E-state index in [2.05, 4.69) is 10.6 Å². The van der Waals surface area contributed by atoms with Crippen LogP contribution in [0.15, 0.2) is 24.3 Å². The van der Waals surface area contributed by atoms with Gasteiger partial charge in [0, 0.05) is 17.6 Å². The number of benzene rings is 1. The zero-order valence-corrected chi connectivity index (χ0v) is 9.76. The molecule has 2 rings (SSSR count). The molecule has 1 aliphatic rings. The summed E-state index contributed by atoms with van der Waals surface area (Å²) in [4.78, 5) is 11.4. The standard InChI is InChI=1S/C12H15ClN2O/c13-11-4-2-1-3-9(11)7-15-12(16)8-14-10-5-6-10/h1-4,10,14H,5-8H2,(H,15,16). The first-order valence-electron chi connectivity index (χ1n) is 5.49. The van der Waals surface area contributed by atoms with E-state index in [4.69, 9.17) is 11.6 Å². The zero-order chi connectivity index (χ0) is 11.4. The summed E-state index contributed by atoms with van der Waals surface area (Å²) in [6, 6.07) is 8.09. The second-order valence-corrected chi connectivity index (χ2v) is 4.43. The maximum absolute atomic E-state index is 11.4. The Labute approximate surface area is 100 Å². The van der Waals surface area contributed by atoms with Crippen molar-refractivity contribution in [3.05, 3.63) is 34.9 Å². The van der Waals surface area contributed by atoms with Crippen molar-refractivity contribution in [1.29, 1.82) is 0 Å². The molecule has 1 amide bonds. The zero-order valence-electron chi connectivity index (χ0n) is 9.00. The Morgan fingerprint density at radius 1 is 1.38 bits per heavy atom. The minimum absolute atomic E-state index is 0.0202. The van der Waals surface area contributed by atoms with Crippen molar-refractivity contribution in [3.8, 4) is 0 Å². The molecule has 1 aliphatic carbocycles. The number of hydrogen-bond donors (Lipinski definition) is 2. The molecule has 0 aromatic heterocycles. The molecule has 0 bridgehead atoms. The van der Waals surface area contributed by atoms with E-state index in [0.29, 0.717) is 24.2 Å². The Morgan fingerprint density at radius 2 is 2.12 bits per heavy atom. The summed E-state index contributed by atoms with van der Waals surface area (Å²) < 4.78 is 0. The highest BCUT2D eigenvalue weighted by Crippen LogP contribution is 2.18. The second kappa shape index (κ2) is 5.32. The van der Waals surface area contributed by atoms with Crippen LogP contribution in [0, 0.1) is 0 Å². The van der Waals surface area contributed by atoms with Gasteiger partial charge < -0.3 is 10.6 Å². The van der Waals surface area contributed by atoms with E-state index in [1.165, 1.54) is 12.8 Å². The number of amides is 1. The topological polar surface area (TPSA) is 41.1 Å². The summed E-state index contributed by atoms with van der Waals surface area (Å²) in [5.74, 6) is 0.0202. The van der Waals surface area contributed by atoms with Crippen LogP contribution in [-0.4, -0.2) is 18.5 Å². The van der Waals surface area contributed by atoms with Crippen molar-refractivity contribution in [2.45, 2.75) is 25.4 Å². The minimum Gasteiger partial charge on any atom is -0.351 e. The maximum atomic E-state index is 11.4. The summed E-state index contributed by atoms with van der Waals surface area (Å²) >= 11 is 5.98. The smallest absolute Gasteiger partial charge is 0.234 e. The van der Waals surface area contributed by atoms with E-state index in [0.717, 1.165) is 5.56 Å². The lowest BCUT2D eigenvalue weighted by Gasteiger charge is -2.07. The van der Waals surface area contributed by atoms with Crippen LogP contribution in [0.5, 0.6) is 0 Å². The number of carbonyl (C=O) groups is 1. The first-order chi connectivity index (χ1) is 7.75. The number of carbonyl (C=O) groups excluding carboxylic acids is 1. The van der Waals surface area contributed by atoms with Crippen LogP contribution in [0.2, 0.25) is 5.02 Å². The summed E-state index contributed by atoms with van der Waals surface area (Å²) in [6.07, 6.45) is 2.38. The third kappa shape index (κ3) is 3.51. The predicted molar refractivity (Wildman–Crippen MR) is 64.3 cm³/mol. The number of rotatable bonds is 5. The highest BCUT2D eigenvalue weighted by Gasteiger charge is 2.20. The Kier molecular flexibility index (Phi) is 3.80. The summed E-state index contributed by atoms with van der Waals surface area (Å²) in [5.41, 5.74) is 0.948. The molecular formula is C12H15ClN2O. The summed E-state index contributed by atoms with van der Waals surface area (Å²) in [5, 5.41) is 6.69. The van der Waals surface area contributed by atoms with Gasteiger partial charge in [-0.3, -0.25) is 4.79 Å². The quantitative estimate of drug-likeness (QED) is 0.820. The van der Waals surface area contributed by atoms with Gasteiger partial charge in [-0.15, -0.1) is 0 Å². The van der Waals surface area contributed by atoms with Gasteiger partial charge in [0.15, 0.2) is 0 Å². The van der Waals surface area contributed by atoms with E-state index in [9.17, 15) is 4.79 Å². The Morgan fingerprint density at radius 3 is 2.81 bits per heavy atom. The first-order valence-corrected chi connectivity index (χ1v) is 5.87. The largest absolute Gasteiger partial charge is 0.351 e. The fraction of sp³-hybridized carbons (Fsp3) is 0.417. The predicted octanol–water partition coefficient (Wildman–Crippen LogP) is 1.71. The molecule has 1 aromatic rings. The monoisotopic (exact) mass is 238 g/mol. The molecule has 1 aromatic carbocycles. The van der Waals surface area contributed by atoms with Crippen molar-refractivity contribution >= 4 is 17.5 Å². The Bertz CT molecular complexity index is 377. The third-order valence-electron chi connectivity index (χ3n) is 2.56. The second-order valence-electron chi connectivity index (χ2n) is 4.02. The van der Waals surface area contributed by atoms with E-state index >= 15 is 0 Å². The van der Waals surface area contributed by atoms with E-state index in [1.54, 1.807) is 0 Å². The van der Waals surface area contributed by atoms with Gasteiger partial charge in [-0.05, 0) is 24.5 Å². The van der Waals surface area contributed by atoms with Crippen LogP contribution < -0.4 is 10.6 Å². The normalized spacial score (nSPS) is 14.8. The molecule has 0 aliphatic heterocycles. The molecule has 0 saturated heterocycles.